The lowest BCUT2D eigenvalue weighted by Crippen LogP contribution is -2.33. The molecule has 0 spiro atoms. The van der Waals surface area contributed by atoms with Gasteiger partial charge in [0.05, 0.1) is 33.6 Å². The Bertz CT molecular complexity index is 1870. The van der Waals surface area contributed by atoms with Crippen molar-refractivity contribution in [1.29, 1.82) is 5.26 Å². The Labute approximate surface area is 252 Å². The van der Waals surface area contributed by atoms with Crippen LogP contribution in [0.2, 0.25) is 0 Å². The van der Waals surface area contributed by atoms with Gasteiger partial charge in [-0.05, 0) is 60.0 Å². The molecular weight excluding hydrogens is 558 g/mol. The maximum Gasteiger partial charge on any atom is 0.251 e. The fraction of sp³-hybridized carbons (Fsp3) is 0.206. The maximum absolute atomic E-state index is 13.8. The molecule has 1 unspecified atom stereocenters. The third-order valence-corrected chi connectivity index (χ3v) is 9.49. The summed E-state index contributed by atoms with van der Waals surface area (Å²) in [5.41, 5.74) is 4.55. The van der Waals surface area contributed by atoms with E-state index in [0.29, 0.717) is 37.4 Å². The summed E-state index contributed by atoms with van der Waals surface area (Å²) in [5.74, 6) is 0.282. The predicted octanol–water partition coefficient (Wildman–Crippen LogP) is 5.70. The van der Waals surface area contributed by atoms with Gasteiger partial charge < -0.3 is 9.88 Å². The Morgan fingerprint density at radius 3 is 2.30 bits per heavy atom. The van der Waals surface area contributed by atoms with Crippen LogP contribution in [0.15, 0.2) is 108 Å². The Balaban J connectivity index is 1.55. The van der Waals surface area contributed by atoms with E-state index < -0.39 is 22.0 Å². The van der Waals surface area contributed by atoms with Crippen molar-refractivity contribution in [1.82, 2.24) is 19.2 Å². The summed E-state index contributed by atoms with van der Waals surface area (Å²) in [6.07, 6.45) is 0.473. The number of nitriles is 1. The van der Waals surface area contributed by atoms with E-state index in [0.717, 1.165) is 22.2 Å². The molecule has 0 radical (unpaired) electrons. The number of imidazole rings is 1. The van der Waals surface area contributed by atoms with E-state index in [1.165, 1.54) is 16.4 Å². The number of aromatic nitrogens is 2. The lowest BCUT2D eigenvalue weighted by atomic mass is 10.0. The number of fused-ring (bicyclic) bond motifs is 1. The zero-order valence-corrected chi connectivity index (χ0v) is 25.0. The van der Waals surface area contributed by atoms with Crippen molar-refractivity contribution in [3.63, 3.8) is 0 Å². The minimum Gasteiger partial charge on any atom is -0.342 e. The first-order valence-electron chi connectivity index (χ1n) is 14.2. The SMILES string of the molecule is CCN(CC)S(=O)(=O)c1cccc(C(=O)NC(Cc2ccccc2)c2nc3ccccc3n2Cc2ccc(C#N)cc2)c1. The van der Waals surface area contributed by atoms with Crippen LogP contribution >= 0.6 is 0 Å². The fourth-order valence-corrected chi connectivity index (χ4v) is 6.71. The second-order valence-electron chi connectivity index (χ2n) is 10.2. The predicted molar refractivity (Wildman–Crippen MR) is 167 cm³/mol. The van der Waals surface area contributed by atoms with Crippen LogP contribution in [0.3, 0.4) is 0 Å². The summed E-state index contributed by atoms with van der Waals surface area (Å²) >= 11 is 0. The van der Waals surface area contributed by atoms with Crippen molar-refractivity contribution in [3.05, 3.63) is 131 Å². The molecule has 0 bridgehead atoms. The molecule has 1 aromatic heterocycles. The van der Waals surface area contributed by atoms with Crippen molar-refractivity contribution >= 4 is 27.0 Å². The number of hydrogen-bond acceptors (Lipinski definition) is 5. The van der Waals surface area contributed by atoms with Crippen LogP contribution in [0, 0.1) is 11.3 Å². The highest BCUT2D eigenvalue weighted by atomic mass is 32.2. The number of para-hydroxylation sites is 2. The molecule has 1 N–H and O–H groups in total. The molecule has 0 aliphatic carbocycles. The van der Waals surface area contributed by atoms with E-state index in [1.54, 1.807) is 38.1 Å². The molecule has 1 amide bonds. The van der Waals surface area contributed by atoms with E-state index in [2.05, 4.69) is 16.0 Å². The van der Waals surface area contributed by atoms with Gasteiger partial charge in [0.25, 0.3) is 5.91 Å². The fourth-order valence-electron chi connectivity index (χ4n) is 5.20. The van der Waals surface area contributed by atoms with Crippen molar-refractivity contribution in [3.8, 4) is 6.07 Å². The van der Waals surface area contributed by atoms with Gasteiger partial charge >= 0.3 is 0 Å². The highest BCUT2D eigenvalue weighted by molar-refractivity contribution is 7.89. The third kappa shape index (κ3) is 6.51. The maximum atomic E-state index is 13.8. The van der Waals surface area contributed by atoms with Gasteiger partial charge in [-0.25, -0.2) is 13.4 Å². The normalized spacial score (nSPS) is 12.2. The first kappa shape index (κ1) is 29.7. The second kappa shape index (κ2) is 13.0. The first-order valence-corrected chi connectivity index (χ1v) is 15.7. The number of carbonyl (C=O) groups is 1. The highest BCUT2D eigenvalue weighted by Crippen LogP contribution is 2.26. The van der Waals surface area contributed by atoms with E-state index in [-0.39, 0.29) is 10.5 Å². The average molecular weight is 592 g/mol. The summed E-state index contributed by atoms with van der Waals surface area (Å²) in [7, 11) is -3.73. The minimum atomic E-state index is -3.73. The summed E-state index contributed by atoms with van der Waals surface area (Å²) in [6, 6.07) is 32.9. The van der Waals surface area contributed by atoms with Crippen LogP contribution in [0.25, 0.3) is 11.0 Å². The number of benzene rings is 4. The van der Waals surface area contributed by atoms with Gasteiger partial charge in [-0.3, -0.25) is 4.79 Å². The van der Waals surface area contributed by atoms with Gasteiger partial charge in [-0.1, -0.05) is 74.5 Å². The monoisotopic (exact) mass is 591 g/mol. The molecule has 9 heteroatoms. The molecule has 1 atom stereocenters. The molecule has 5 aromatic rings. The van der Waals surface area contributed by atoms with Crippen LogP contribution in [-0.4, -0.2) is 41.3 Å². The lowest BCUT2D eigenvalue weighted by Gasteiger charge is -2.21. The highest BCUT2D eigenvalue weighted by Gasteiger charge is 2.26. The largest absolute Gasteiger partial charge is 0.342 e. The molecule has 0 aliphatic rings. The Morgan fingerprint density at radius 2 is 1.60 bits per heavy atom. The standard InChI is InChI=1S/C34H33N5O3S/c1-3-38(4-2)43(41,42)29-14-10-13-28(22-29)34(40)37-31(21-25-11-6-5-7-12-25)33-36-30-15-8-9-16-32(30)39(33)24-27-19-17-26(23-35)18-20-27/h5-20,22,31H,3-4,21,24H2,1-2H3,(H,37,40). The molecule has 43 heavy (non-hydrogen) atoms. The zero-order chi connectivity index (χ0) is 30.4. The Morgan fingerprint density at radius 1 is 0.907 bits per heavy atom. The molecule has 0 fully saturated rings. The molecule has 0 aliphatic heterocycles. The smallest absolute Gasteiger partial charge is 0.251 e. The van der Waals surface area contributed by atoms with Crippen LogP contribution in [0.4, 0.5) is 0 Å². The summed E-state index contributed by atoms with van der Waals surface area (Å²) in [5, 5.41) is 12.4. The molecular formula is C34H33N5O3S. The van der Waals surface area contributed by atoms with Gasteiger partial charge in [0.2, 0.25) is 10.0 Å². The number of hydrogen-bond donors (Lipinski definition) is 1. The van der Waals surface area contributed by atoms with E-state index >= 15 is 0 Å². The number of nitrogens with zero attached hydrogens (tertiary/aromatic N) is 4. The zero-order valence-electron chi connectivity index (χ0n) is 24.1. The van der Waals surface area contributed by atoms with E-state index in [4.69, 9.17) is 4.98 Å². The van der Waals surface area contributed by atoms with E-state index in [9.17, 15) is 18.5 Å². The molecule has 1 heterocycles. The van der Waals surface area contributed by atoms with Gasteiger partial charge in [-0.15, -0.1) is 0 Å². The van der Waals surface area contributed by atoms with Crippen molar-refractivity contribution < 1.29 is 13.2 Å². The topological polar surface area (TPSA) is 108 Å². The van der Waals surface area contributed by atoms with E-state index in [1.807, 2.05) is 66.7 Å². The molecule has 5 rings (SSSR count). The summed E-state index contributed by atoms with van der Waals surface area (Å²) < 4.78 is 29.8. The summed E-state index contributed by atoms with van der Waals surface area (Å²) in [6.45, 7) is 4.74. The Kier molecular flexibility index (Phi) is 9.00. The van der Waals surface area contributed by atoms with Crippen LogP contribution in [-0.2, 0) is 23.0 Å². The van der Waals surface area contributed by atoms with Gasteiger partial charge in [0.15, 0.2) is 0 Å². The van der Waals surface area contributed by atoms with Crippen molar-refractivity contribution in [2.45, 2.75) is 37.8 Å². The minimum absolute atomic E-state index is 0.0801. The average Bonchev–Trinajstić information content (AvgIpc) is 3.40. The number of carbonyl (C=O) groups excluding carboxylic acids is 1. The number of amides is 1. The van der Waals surface area contributed by atoms with Crippen molar-refractivity contribution in [2.24, 2.45) is 0 Å². The number of sulfonamides is 1. The molecule has 4 aromatic carbocycles. The van der Waals surface area contributed by atoms with Gasteiger partial charge in [0.1, 0.15) is 5.82 Å². The second-order valence-corrected chi connectivity index (χ2v) is 12.1. The number of rotatable bonds is 11. The van der Waals surface area contributed by atoms with Crippen LogP contribution in [0.5, 0.6) is 0 Å². The lowest BCUT2D eigenvalue weighted by molar-refractivity contribution is 0.0934. The quantitative estimate of drug-likeness (QED) is 0.212. The van der Waals surface area contributed by atoms with Crippen LogP contribution < -0.4 is 5.32 Å². The Hall–Kier alpha value is -4.78. The van der Waals surface area contributed by atoms with Gasteiger partial charge in [-0.2, -0.15) is 9.57 Å². The summed E-state index contributed by atoms with van der Waals surface area (Å²) in [4.78, 5) is 18.8. The van der Waals surface area contributed by atoms with Crippen molar-refractivity contribution in [2.75, 3.05) is 13.1 Å². The molecule has 8 nitrogen and oxygen atoms in total. The molecule has 0 saturated heterocycles. The first-order chi connectivity index (χ1) is 20.8. The molecule has 218 valence electrons. The number of nitrogens with one attached hydrogen (secondary N) is 1. The van der Waals surface area contributed by atoms with Crippen LogP contribution in [0.1, 0.15) is 52.8 Å². The van der Waals surface area contributed by atoms with Gasteiger partial charge in [0, 0.05) is 25.2 Å². The molecule has 0 saturated carbocycles. The third-order valence-electron chi connectivity index (χ3n) is 7.45.